The summed E-state index contributed by atoms with van der Waals surface area (Å²) in [4.78, 5) is 12.0. The molecule has 0 bridgehead atoms. The number of amides is 1. The molecule has 1 aliphatic carbocycles. The molecule has 0 atom stereocenters. The first-order chi connectivity index (χ1) is 9.41. The number of rotatable bonds is 3. The summed E-state index contributed by atoms with van der Waals surface area (Å²) < 4.78 is 26.2. The number of anilines is 1. The molecule has 0 spiro atoms. The van der Waals surface area contributed by atoms with Gasteiger partial charge in [-0.15, -0.1) is 0 Å². The molecule has 0 saturated heterocycles. The molecule has 0 aliphatic heterocycles. The average Bonchev–Trinajstić information content (AvgIpc) is 2.41. The fraction of sp³-hybridized carbons (Fsp3) is 0.533. The quantitative estimate of drug-likeness (QED) is 0.836. The smallest absolute Gasteiger partial charge is 0.253 e. The van der Waals surface area contributed by atoms with Crippen LogP contribution in [0.5, 0.6) is 0 Å². The summed E-state index contributed by atoms with van der Waals surface area (Å²) >= 11 is 0. The summed E-state index contributed by atoms with van der Waals surface area (Å²) in [6.45, 7) is 2.67. The Bertz CT molecular complexity index is 511. The highest BCUT2D eigenvalue weighted by Gasteiger charge is 2.27. The van der Waals surface area contributed by atoms with E-state index in [0.717, 1.165) is 25.0 Å². The summed E-state index contributed by atoms with van der Waals surface area (Å²) in [6, 6.07) is 1.69. The molecule has 0 unspecified atom stereocenters. The molecule has 1 aliphatic rings. The minimum absolute atomic E-state index is 0.0108. The summed E-state index contributed by atoms with van der Waals surface area (Å²) in [5.74, 6) is -2.56. The standard InChI is InChI=1S/C15H20F2N2O/c1-15(5-3-2-4-6-15)9-19-14(20)10-7-11(16)12(17)8-13(10)18/h7-8H,2-6,9,18H2,1H3,(H,19,20). The summed E-state index contributed by atoms with van der Waals surface area (Å²) in [7, 11) is 0. The van der Waals surface area contributed by atoms with Crippen LogP contribution in [0.4, 0.5) is 14.5 Å². The summed E-state index contributed by atoms with van der Waals surface area (Å²) in [6.07, 6.45) is 5.71. The van der Waals surface area contributed by atoms with Gasteiger partial charge in [0.05, 0.1) is 5.56 Å². The van der Waals surface area contributed by atoms with Gasteiger partial charge in [0.1, 0.15) is 0 Å². The zero-order valence-electron chi connectivity index (χ0n) is 11.6. The molecule has 1 amide bonds. The van der Waals surface area contributed by atoms with Crippen molar-refractivity contribution in [3.05, 3.63) is 29.3 Å². The van der Waals surface area contributed by atoms with Gasteiger partial charge in [-0.25, -0.2) is 8.78 Å². The van der Waals surface area contributed by atoms with Gasteiger partial charge < -0.3 is 11.1 Å². The van der Waals surface area contributed by atoms with Crippen LogP contribution in [-0.2, 0) is 0 Å². The van der Waals surface area contributed by atoms with E-state index in [4.69, 9.17) is 5.73 Å². The van der Waals surface area contributed by atoms with Gasteiger partial charge in [0.25, 0.3) is 5.91 Å². The topological polar surface area (TPSA) is 55.1 Å². The largest absolute Gasteiger partial charge is 0.398 e. The van der Waals surface area contributed by atoms with Gasteiger partial charge in [-0.05, 0) is 24.3 Å². The predicted octanol–water partition coefficient (Wildman–Crippen LogP) is 3.25. The van der Waals surface area contributed by atoms with E-state index in [2.05, 4.69) is 12.2 Å². The molecule has 2 rings (SSSR count). The molecule has 1 saturated carbocycles. The van der Waals surface area contributed by atoms with Gasteiger partial charge in [0.2, 0.25) is 0 Å². The van der Waals surface area contributed by atoms with Crippen LogP contribution in [0.25, 0.3) is 0 Å². The van der Waals surface area contributed by atoms with Crippen molar-refractivity contribution >= 4 is 11.6 Å². The van der Waals surface area contributed by atoms with E-state index >= 15 is 0 Å². The first kappa shape index (κ1) is 14.8. The molecule has 110 valence electrons. The van der Waals surface area contributed by atoms with Gasteiger partial charge in [0, 0.05) is 18.3 Å². The molecular formula is C15H20F2N2O. The first-order valence-corrected chi connectivity index (χ1v) is 6.94. The first-order valence-electron chi connectivity index (χ1n) is 6.94. The molecule has 0 heterocycles. The average molecular weight is 282 g/mol. The fourth-order valence-corrected chi connectivity index (χ4v) is 2.73. The van der Waals surface area contributed by atoms with E-state index in [1.165, 1.54) is 19.3 Å². The highest BCUT2D eigenvalue weighted by atomic mass is 19.2. The Morgan fingerprint density at radius 1 is 1.25 bits per heavy atom. The summed E-state index contributed by atoms with van der Waals surface area (Å²) in [5, 5.41) is 2.79. The Labute approximate surface area is 117 Å². The zero-order chi connectivity index (χ0) is 14.8. The third kappa shape index (κ3) is 3.26. The molecular weight excluding hydrogens is 262 g/mol. The Balaban J connectivity index is 2.03. The maximum absolute atomic E-state index is 13.2. The maximum Gasteiger partial charge on any atom is 0.253 e. The highest BCUT2D eigenvalue weighted by Crippen LogP contribution is 2.35. The second kappa shape index (κ2) is 5.77. The second-order valence-electron chi connectivity index (χ2n) is 5.91. The van der Waals surface area contributed by atoms with Crippen LogP contribution in [0.1, 0.15) is 49.4 Å². The minimum Gasteiger partial charge on any atom is -0.398 e. The lowest BCUT2D eigenvalue weighted by Crippen LogP contribution is -2.37. The van der Waals surface area contributed by atoms with Crippen molar-refractivity contribution in [3.8, 4) is 0 Å². The molecule has 3 nitrogen and oxygen atoms in total. The molecule has 1 aromatic rings. The zero-order valence-corrected chi connectivity index (χ0v) is 11.6. The van der Waals surface area contributed by atoms with Crippen LogP contribution in [0.3, 0.4) is 0 Å². The van der Waals surface area contributed by atoms with Crippen LogP contribution in [0.15, 0.2) is 12.1 Å². The number of carbonyl (C=O) groups is 1. The van der Waals surface area contributed by atoms with Gasteiger partial charge >= 0.3 is 0 Å². The summed E-state index contributed by atoms with van der Waals surface area (Å²) in [5.41, 5.74) is 5.59. The van der Waals surface area contributed by atoms with E-state index in [-0.39, 0.29) is 16.7 Å². The van der Waals surface area contributed by atoms with E-state index in [9.17, 15) is 13.6 Å². The molecule has 3 N–H and O–H groups in total. The number of hydrogen-bond acceptors (Lipinski definition) is 2. The highest BCUT2D eigenvalue weighted by molar-refractivity contribution is 5.99. The maximum atomic E-state index is 13.2. The Morgan fingerprint density at radius 3 is 2.50 bits per heavy atom. The third-order valence-electron chi connectivity index (χ3n) is 4.07. The lowest BCUT2D eigenvalue weighted by Gasteiger charge is -2.33. The van der Waals surface area contributed by atoms with Gasteiger partial charge in [-0.2, -0.15) is 0 Å². The second-order valence-corrected chi connectivity index (χ2v) is 5.91. The van der Waals surface area contributed by atoms with Crippen molar-refractivity contribution in [1.82, 2.24) is 5.32 Å². The van der Waals surface area contributed by atoms with Crippen molar-refractivity contribution < 1.29 is 13.6 Å². The van der Waals surface area contributed by atoms with E-state index in [0.29, 0.717) is 6.54 Å². The molecule has 5 heteroatoms. The van der Waals surface area contributed by atoms with Crippen molar-refractivity contribution in [2.24, 2.45) is 5.41 Å². The fourth-order valence-electron chi connectivity index (χ4n) is 2.73. The Kier molecular flexibility index (Phi) is 4.26. The molecule has 0 radical (unpaired) electrons. The van der Waals surface area contributed by atoms with Gasteiger partial charge in [-0.1, -0.05) is 26.2 Å². The minimum atomic E-state index is -1.06. The number of nitrogens with two attached hydrogens (primary N) is 1. The van der Waals surface area contributed by atoms with E-state index in [1.54, 1.807) is 0 Å². The van der Waals surface area contributed by atoms with Gasteiger partial charge in [-0.3, -0.25) is 4.79 Å². The van der Waals surface area contributed by atoms with E-state index in [1.807, 2.05) is 0 Å². The lowest BCUT2D eigenvalue weighted by atomic mass is 9.76. The van der Waals surface area contributed by atoms with Crippen LogP contribution in [-0.4, -0.2) is 12.5 Å². The monoisotopic (exact) mass is 282 g/mol. The van der Waals surface area contributed by atoms with Crippen LogP contribution in [0, 0.1) is 17.0 Å². The van der Waals surface area contributed by atoms with E-state index < -0.39 is 17.5 Å². The molecule has 20 heavy (non-hydrogen) atoms. The Hall–Kier alpha value is -1.65. The van der Waals surface area contributed by atoms with Gasteiger partial charge in [0.15, 0.2) is 11.6 Å². The number of halogens is 2. The van der Waals surface area contributed by atoms with Crippen molar-refractivity contribution in [2.45, 2.75) is 39.0 Å². The SMILES string of the molecule is CC1(CNC(=O)c2cc(F)c(F)cc2N)CCCCC1. The van der Waals surface area contributed by atoms with Crippen LogP contribution < -0.4 is 11.1 Å². The number of nitrogen functional groups attached to an aromatic ring is 1. The number of carbonyl (C=O) groups excluding carboxylic acids is 1. The Morgan fingerprint density at radius 2 is 1.85 bits per heavy atom. The van der Waals surface area contributed by atoms with Crippen molar-refractivity contribution in [3.63, 3.8) is 0 Å². The number of hydrogen-bond donors (Lipinski definition) is 2. The van der Waals surface area contributed by atoms with Crippen LogP contribution >= 0.6 is 0 Å². The number of nitrogens with one attached hydrogen (secondary N) is 1. The van der Waals surface area contributed by atoms with Crippen LogP contribution in [0.2, 0.25) is 0 Å². The number of benzene rings is 1. The molecule has 0 aromatic heterocycles. The predicted molar refractivity (Wildman–Crippen MR) is 74.3 cm³/mol. The molecule has 1 fully saturated rings. The van der Waals surface area contributed by atoms with Crippen molar-refractivity contribution in [1.29, 1.82) is 0 Å². The molecule has 1 aromatic carbocycles. The van der Waals surface area contributed by atoms with Crippen molar-refractivity contribution in [2.75, 3.05) is 12.3 Å². The lowest BCUT2D eigenvalue weighted by molar-refractivity contribution is 0.0919. The normalized spacial score (nSPS) is 17.8. The third-order valence-corrected chi connectivity index (χ3v) is 4.07.